The van der Waals surface area contributed by atoms with Crippen LogP contribution in [0.1, 0.15) is 40.3 Å². The van der Waals surface area contributed by atoms with Crippen LogP contribution in [0.2, 0.25) is 0 Å². The van der Waals surface area contributed by atoms with Crippen molar-refractivity contribution in [3.05, 3.63) is 33.4 Å². The molecule has 27 aromatic rings. The summed E-state index contributed by atoms with van der Waals surface area (Å²) in [6.45, 7) is 1.64. The summed E-state index contributed by atoms with van der Waals surface area (Å²) in [5.41, 5.74) is 5.29. The highest BCUT2D eigenvalue weighted by atomic mass is 31.2. The predicted molar refractivity (Wildman–Crippen MR) is 286 cm³/mol. The van der Waals surface area contributed by atoms with Gasteiger partial charge in [-0.05, 0) is 291 Å². The molecule has 5 aliphatic carbocycles. The number of esters is 1. The largest absolute Gasteiger partial charge is 0.444 e. The minimum absolute atomic E-state index is 0.282. The number of carbonyl (C=O) groups is 1. The van der Waals surface area contributed by atoms with Gasteiger partial charge >= 0.3 is 13.6 Å². The van der Waals surface area contributed by atoms with Gasteiger partial charge in [-0.3, -0.25) is 9.36 Å². The lowest BCUT2D eigenvalue weighted by atomic mass is 9.65. The van der Waals surface area contributed by atoms with Gasteiger partial charge in [-0.2, -0.15) is 0 Å². The zero-order valence-electron chi connectivity index (χ0n) is 36.0. The molecule has 5 nitrogen and oxygen atoms in total. The zero-order chi connectivity index (χ0) is 42.7. The van der Waals surface area contributed by atoms with Gasteiger partial charge in [0.1, 0.15) is 0 Å². The highest BCUT2D eigenvalue weighted by Crippen LogP contribution is 2.88. The van der Waals surface area contributed by atoms with Crippen LogP contribution in [0, 0.1) is 0 Å². The van der Waals surface area contributed by atoms with Crippen molar-refractivity contribution in [3.8, 4) is 0 Å². The second-order valence-corrected chi connectivity index (χ2v) is 27.0. The van der Waals surface area contributed by atoms with Crippen LogP contribution in [0.25, 0.3) is 280 Å². The zero-order valence-corrected chi connectivity index (χ0v) is 36.9. The predicted octanol–water partition coefficient (Wildman–Crippen LogP) is 16.9. The van der Waals surface area contributed by atoms with Crippen molar-refractivity contribution in [1.29, 1.82) is 0 Å². The van der Waals surface area contributed by atoms with Gasteiger partial charge < -0.3 is 13.8 Å². The van der Waals surface area contributed by atoms with Gasteiger partial charge in [-0.25, -0.2) is 0 Å². The number of hydrogen-bond acceptors (Lipinski definition) is 5. The molecule has 5 aliphatic rings. The van der Waals surface area contributed by atoms with E-state index < -0.39 is 18.4 Å². The normalized spacial score (nSPS) is 22.0. The summed E-state index contributed by atoms with van der Waals surface area (Å²) < 4.78 is 38.7. The molecule has 0 radical (unpaired) electrons. The average Bonchev–Trinajstić information content (AvgIpc) is 4.40. The topological polar surface area (TPSA) is 61.8 Å². The molecule has 32 rings (SSSR count). The first kappa shape index (κ1) is 27.3. The maximum Gasteiger partial charge on any atom is 0.349 e. The highest BCUT2D eigenvalue weighted by molar-refractivity contribution is 7.56. The fourth-order valence-electron chi connectivity index (χ4n) is 24.3. The molecule has 2 atom stereocenters. The van der Waals surface area contributed by atoms with Gasteiger partial charge in [0.05, 0.1) is 0 Å². The fourth-order valence-corrected chi connectivity index (χ4v) is 26.5. The Kier molecular flexibility index (Phi) is 2.38. The second kappa shape index (κ2) is 6.10. The van der Waals surface area contributed by atoms with Crippen molar-refractivity contribution in [2.75, 3.05) is 14.2 Å². The van der Waals surface area contributed by atoms with Crippen molar-refractivity contribution < 1.29 is 23.1 Å². The van der Waals surface area contributed by atoms with E-state index in [-0.39, 0.29) is 5.97 Å². The van der Waals surface area contributed by atoms with Gasteiger partial charge in [-0.1, -0.05) is 0 Å². The number of benzene rings is 17. The Hall–Kier alpha value is -7.92. The molecular formula is C64H9O5P. The van der Waals surface area contributed by atoms with Crippen LogP contribution in [-0.4, -0.2) is 20.2 Å². The number of rotatable bonds is 4. The Balaban J connectivity index is 1.24. The molecule has 0 heterocycles. The third-order valence-electron chi connectivity index (χ3n) is 24.3. The first-order chi connectivity index (χ1) is 34.5. The summed E-state index contributed by atoms with van der Waals surface area (Å²) in [7, 11) is -0.921. The number of ether oxygens (including phenoxy) is 1. The van der Waals surface area contributed by atoms with E-state index in [1.165, 1.54) is 275 Å². The lowest BCUT2D eigenvalue weighted by molar-refractivity contribution is -0.150. The Morgan fingerprint density at radius 3 is 0.714 bits per heavy atom. The van der Waals surface area contributed by atoms with E-state index >= 15 is 4.57 Å². The van der Waals surface area contributed by atoms with Crippen LogP contribution in [0.3, 0.4) is 0 Å². The molecule has 0 amide bonds. The lowest BCUT2D eigenvalue weighted by Crippen LogP contribution is -2.45. The Bertz CT molecular complexity index is 7360. The first-order valence-corrected chi connectivity index (χ1v) is 26.7. The van der Waals surface area contributed by atoms with Gasteiger partial charge in [0.2, 0.25) is 0 Å². The third-order valence-corrected chi connectivity index (χ3v) is 26.8. The monoisotopic (exact) mass is 888 g/mol. The van der Waals surface area contributed by atoms with Gasteiger partial charge in [0.15, 0.2) is 10.8 Å². The van der Waals surface area contributed by atoms with Crippen molar-refractivity contribution in [2.24, 2.45) is 0 Å². The number of hydrogen-bond donors (Lipinski definition) is 0. The molecule has 300 valence electrons. The van der Waals surface area contributed by atoms with Gasteiger partial charge in [-0.15, -0.1) is 0 Å². The van der Waals surface area contributed by atoms with Crippen molar-refractivity contribution >= 4 is 294 Å². The van der Waals surface area contributed by atoms with E-state index in [1.807, 2.05) is 0 Å². The van der Waals surface area contributed by atoms with Crippen LogP contribution in [0.15, 0.2) is 0 Å². The quantitative estimate of drug-likeness (QED) is 0.100. The fraction of sp³-hybridized carbons (Fsp3) is 0.0781. The molecule has 70 heavy (non-hydrogen) atoms. The molecule has 0 aromatic heterocycles. The van der Waals surface area contributed by atoms with Crippen molar-refractivity contribution in [3.63, 3.8) is 0 Å². The van der Waals surface area contributed by atoms with Crippen LogP contribution in [-0.2, 0) is 33.9 Å². The molecule has 2 unspecified atom stereocenters. The summed E-state index contributed by atoms with van der Waals surface area (Å²) in [5, 5.41) is 72.8. The summed E-state index contributed by atoms with van der Waals surface area (Å²) in [6.07, 6.45) is 0. The lowest BCUT2D eigenvalue weighted by Gasteiger charge is -2.48. The smallest absolute Gasteiger partial charge is 0.349 e. The third kappa shape index (κ3) is 1.42. The molecule has 0 saturated heterocycles. The van der Waals surface area contributed by atoms with E-state index in [9.17, 15) is 4.79 Å². The van der Waals surface area contributed by atoms with Gasteiger partial charge in [0, 0.05) is 43.2 Å². The molecule has 0 fully saturated rings. The van der Waals surface area contributed by atoms with E-state index in [1.54, 1.807) is 31.9 Å². The van der Waals surface area contributed by atoms with Crippen LogP contribution >= 0.6 is 7.60 Å². The highest BCUT2D eigenvalue weighted by Gasteiger charge is 2.73. The van der Waals surface area contributed by atoms with Crippen LogP contribution in [0.5, 0.6) is 0 Å². The summed E-state index contributed by atoms with van der Waals surface area (Å²) >= 11 is 0. The Morgan fingerprint density at radius 2 is 0.443 bits per heavy atom. The minimum atomic E-state index is -4.21. The van der Waals surface area contributed by atoms with Crippen molar-refractivity contribution in [1.82, 2.24) is 0 Å². The molecule has 0 bridgehead atoms. The maximum absolute atomic E-state index is 17.5. The van der Waals surface area contributed by atoms with E-state index in [0.29, 0.717) is 0 Å². The summed E-state index contributed by atoms with van der Waals surface area (Å²) in [4.78, 5) is 14.8. The maximum atomic E-state index is 17.5. The summed E-state index contributed by atoms with van der Waals surface area (Å²) in [5.74, 6) is -0.282. The minimum Gasteiger partial charge on any atom is -0.444 e. The second-order valence-electron chi connectivity index (χ2n) is 24.6. The SMILES string of the molecule is COP(=O)(OC)C12c3c4c5c6c7c8c9c%10c(c1c1c%11c2c2c%12c3c5c3c5c6c6c7c7c9c9c%13c%10c1c1c%10c%11c%11c2c2c%12c3c3c5c5c6c6c7c9c7c(c%131)c1c%10c%11c9c2c3c2c9c1c7c6c52)C48OC(C)=O. The van der Waals surface area contributed by atoms with E-state index in [0.717, 1.165) is 27.8 Å². The number of carbonyl (C=O) groups excluding carboxylic acids is 1. The Labute approximate surface area is 380 Å². The molecule has 0 aliphatic heterocycles. The average molecular weight is 889 g/mol. The molecule has 6 heteroatoms. The van der Waals surface area contributed by atoms with Crippen molar-refractivity contribution in [2.45, 2.75) is 17.7 Å². The molecular weight excluding hydrogens is 880 g/mol. The van der Waals surface area contributed by atoms with E-state index in [4.69, 9.17) is 13.8 Å². The molecule has 0 spiro atoms. The summed E-state index contributed by atoms with van der Waals surface area (Å²) in [6, 6.07) is 0. The first-order valence-electron chi connectivity index (χ1n) is 25.2. The van der Waals surface area contributed by atoms with Crippen LogP contribution in [0.4, 0.5) is 0 Å². The Morgan fingerprint density at radius 1 is 0.271 bits per heavy atom. The molecule has 0 saturated carbocycles. The van der Waals surface area contributed by atoms with E-state index in [2.05, 4.69) is 0 Å². The van der Waals surface area contributed by atoms with Crippen LogP contribution < -0.4 is 0 Å². The van der Waals surface area contributed by atoms with Gasteiger partial charge in [0.25, 0.3) is 0 Å². The molecule has 0 N–H and O–H groups in total. The molecule has 27 aromatic carbocycles. The standard InChI is InChI=1S/C64H9O5P/c1-4(65)69-63-57-49-40-33-20-13-7-8-10-6-5-9(7)18(20)24-22-11(5)15-12(6)23-25-19(10)21-14(8)17-16(13)27-35-28(17)37-34(21)41-39(25)43-30(23)32-26(15)31-29(22)42(38(24)40)53(57)55-44(31)45(32)56-54(43)58-50(41)47(37)52-48(35)51(46(49)36(27)33)59(63)61(52)64(58,62(56)60(55)63)70(66,67-2)68-3/h1-3H3.